The zero-order valence-electron chi connectivity index (χ0n) is 21.0. The molecule has 0 aliphatic heterocycles. The molecule has 7 heteroatoms. The smallest absolute Gasteiger partial charge is 0.248 e. The Kier molecular flexibility index (Phi) is 17.1. The number of hydrogen-bond donors (Lipinski definition) is 1. The van der Waals surface area contributed by atoms with E-state index in [1.165, 1.54) is 53.7 Å². The molecule has 186 valence electrons. The Morgan fingerprint density at radius 3 is 2.00 bits per heavy atom. The van der Waals surface area contributed by atoms with Crippen LogP contribution in [0.4, 0.5) is 8.78 Å². The number of nitrogens with one attached hydrogen (secondary N) is 1. The summed E-state index contributed by atoms with van der Waals surface area (Å²) in [5.41, 5.74) is 4.73. The third-order valence-corrected chi connectivity index (χ3v) is 4.89. The molecule has 34 heavy (non-hydrogen) atoms. The second-order valence-electron chi connectivity index (χ2n) is 7.15. The first-order chi connectivity index (χ1) is 16.1. The fraction of sp³-hybridized carbons (Fsp3) is 0.296. The Bertz CT molecular complexity index is 937. The lowest BCUT2D eigenvalue weighted by molar-refractivity contribution is -0.117. The Balaban J connectivity index is 0. The van der Waals surface area contributed by atoms with Gasteiger partial charge in [-0.3, -0.25) is 4.79 Å². The van der Waals surface area contributed by atoms with E-state index in [0.29, 0.717) is 5.57 Å². The zero-order chi connectivity index (χ0) is 26.8. The van der Waals surface area contributed by atoms with Crippen molar-refractivity contribution in [2.24, 2.45) is 0 Å². The second kappa shape index (κ2) is 17.9. The van der Waals surface area contributed by atoms with Crippen molar-refractivity contribution < 1.29 is 23.2 Å². The molecule has 5 nitrogen and oxygen atoms in total. The van der Waals surface area contributed by atoms with E-state index in [-0.39, 0.29) is 17.2 Å². The predicted octanol–water partition coefficient (Wildman–Crippen LogP) is 5.40. The molecule has 0 fully saturated rings. The maximum atomic E-state index is 13.6. The normalized spacial score (nSPS) is 9.71. The van der Waals surface area contributed by atoms with Crippen LogP contribution in [0.3, 0.4) is 0 Å². The molecule has 0 saturated heterocycles. The molecule has 1 amide bonds. The van der Waals surface area contributed by atoms with Gasteiger partial charge in [0.25, 0.3) is 0 Å². The molecule has 0 atom stereocenters. The lowest BCUT2D eigenvalue weighted by Crippen LogP contribution is -2.21. The molecule has 1 N–H and O–H groups in total. The number of benzene rings is 2. The van der Waals surface area contributed by atoms with E-state index in [4.69, 9.17) is 9.59 Å². The summed E-state index contributed by atoms with van der Waals surface area (Å²) >= 11 is 0. The molecule has 0 spiro atoms. The Labute approximate surface area is 202 Å². The summed E-state index contributed by atoms with van der Waals surface area (Å²) in [6.07, 6.45) is 3.92. The third kappa shape index (κ3) is 10.3. The second-order valence-corrected chi connectivity index (χ2v) is 7.15. The number of amides is 1. The van der Waals surface area contributed by atoms with Crippen molar-refractivity contribution >= 4 is 25.2 Å². The van der Waals surface area contributed by atoms with Gasteiger partial charge in [-0.15, -0.1) is 0 Å². The number of aryl methyl sites for hydroxylation is 2. The maximum Gasteiger partial charge on any atom is 0.248 e. The van der Waals surface area contributed by atoms with Crippen molar-refractivity contribution in [1.29, 1.82) is 0 Å². The van der Waals surface area contributed by atoms with Gasteiger partial charge < -0.3 is 19.8 Å². The van der Waals surface area contributed by atoms with Gasteiger partial charge in [-0.1, -0.05) is 44.2 Å². The first kappa shape index (κ1) is 32.6. The number of nitrogens with zero attached hydrogens (tertiary/aromatic N) is 1. The molecule has 0 bridgehead atoms. The topological polar surface area (TPSA) is 66.5 Å². The number of halogens is 2. The lowest BCUT2D eigenvalue weighted by atomic mass is 10.0. The summed E-state index contributed by atoms with van der Waals surface area (Å²) in [6.45, 7) is 15.9. The Morgan fingerprint density at radius 1 is 1.03 bits per heavy atom. The van der Waals surface area contributed by atoms with E-state index in [2.05, 4.69) is 50.9 Å². The van der Waals surface area contributed by atoms with Crippen molar-refractivity contribution in [2.45, 2.75) is 40.5 Å². The SMILES string of the molecule is C=C(c1c(F)cccc1F)N(C)/C=C(\C)C(=O)NC.C=O.C=O.CCCc1cccc(C)c1C. The van der Waals surface area contributed by atoms with Gasteiger partial charge in [0.05, 0.1) is 5.56 Å². The number of carbonyl (C=O) groups is 3. The summed E-state index contributed by atoms with van der Waals surface area (Å²) in [5.74, 6) is -1.65. The van der Waals surface area contributed by atoms with Crippen LogP contribution in [0.25, 0.3) is 5.70 Å². The highest BCUT2D eigenvalue weighted by Gasteiger charge is 2.14. The van der Waals surface area contributed by atoms with E-state index < -0.39 is 11.6 Å². The quantitative estimate of drug-likeness (QED) is 0.569. The predicted molar refractivity (Wildman–Crippen MR) is 135 cm³/mol. The number of likely N-dealkylation sites (N-methyl/N-ethyl adjacent to an activating group) is 1. The first-order valence-corrected chi connectivity index (χ1v) is 10.5. The highest BCUT2D eigenvalue weighted by Crippen LogP contribution is 2.23. The highest BCUT2D eigenvalue weighted by atomic mass is 19.1. The van der Waals surface area contributed by atoms with Crippen LogP contribution in [0.5, 0.6) is 0 Å². The van der Waals surface area contributed by atoms with Crippen molar-refractivity contribution in [3.05, 3.63) is 88.6 Å². The molecular formula is C27H36F2N2O3. The first-order valence-electron chi connectivity index (χ1n) is 10.5. The van der Waals surface area contributed by atoms with Crippen LogP contribution in [0.2, 0.25) is 0 Å². The van der Waals surface area contributed by atoms with E-state index in [0.717, 1.165) is 12.1 Å². The lowest BCUT2D eigenvalue weighted by Gasteiger charge is -2.19. The highest BCUT2D eigenvalue weighted by molar-refractivity contribution is 5.92. The van der Waals surface area contributed by atoms with E-state index in [9.17, 15) is 13.6 Å². The zero-order valence-corrected chi connectivity index (χ0v) is 21.0. The van der Waals surface area contributed by atoms with Gasteiger partial charge in [0.2, 0.25) is 5.91 Å². The minimum absolute atomic E-state index is 0.138. The van der Waals surface area contributed by atoms with E-state index in [1.54, 1.807) is 14.0 Å². The van der Waals surface area contributed by atoms with Gasteiger partial charge in [0.15, 0.2) is 0 Å². The van der Waals surface area contributed by atoms with Crippen LogP contribution in [0.1, 0.15) is 42.5 Å². The molecule has 0 aliphatic carbocycles. The van der Waals surface area contributed by atoms with Crippen molar-refractivity contribution in [2.75, 3.05) is 14.1 Å². The minimum Gasteiger partial charge on any atom is -0.355 e. The fourth-order valence-corrected chi connectivity index (χ4v) is 2.93. The Hall–Kier alpha value is -3.61. The molecule has 0 aromatic heterocycles. The van der Waals surface area contributed by atoms with E-state index in [1.807, 2.05) is 13.6 Å². The molecular weight excluding hydrogens is 438 g/mol. The van der Waals surface area contributed by atoms with Gasteiger partial charge in [-0.2, -0.15) is 0 Å². The standard InChI is InChI=1S/C14H16F2N2O.C11H16.2CH2O/c1-9(14(19)17-3)8-18(4)10(2)13-11(15)6-5-7-12(13)16;1-4-6-11-8-5-7-9(2)10(11)3;2*1-2/h5-8H,2H2,1,3-4H3,(H,17,19);5,7-8H,4,6H2,1-3H3;2*1H2/b9-8+;;;. The van der Waals surface area contributed by atoms with Crippen LogP contribution in [0.15, 0.2) is 54.8 Å². The molecule has 0 aliphatic rings. The van der Waals surface area contributed by atoms with Crippen LogP contribution in [0, 0.1) is 25.5 Å². The van der Waals surface area contributed by atoms with E-state index >= 15 is 0 Å². The summed E-state index contributed by atoms with van der Waals surface area (Å²) in [5, 5.41) is 2.46. The third-order valence-electron chi connectivity index (χ3n) is 4.89. The summed E-state index contributed by atoms with van der Waals surface area (Å²) in [6, 6.07) is 10.2. The largest absolute Gasteiger partial charge is 0.355 e. The van der Waals surface area contributed by atoms with Crippen molar-refractivity contribution in [1.82, 2.24) is 10.2 Å². The molecule has 0 saturated carbocycles. The van der Waals surface area contributed by atoms with Gasteiger partial charge in [0.1, 0.15) is 25.2 Å². The molecule has 2 aromatic rings. The van der Waals surface area contributed by atoms with Gasteiger partial charge >= 0.3 is 0 Å². The monoisotopic (exact) mass is 474 g/mol. The summed E-state index contributed by atoms with van der Waals surface area (Å²) in [7, 11) is 3.08. The van der Waals surface area contributed by atoms with Gasteiger partial charge in [0, 0.05) is 31.6 Å². The number of hydrogen-bond acceptors (Lipinski definition) is 4. The van der Waals surface area contributed by atoms with Gasteiger partial charge in [-0.05, 0) is 56.0 Å². The summed E-state index contributed by atoms with van der Waals surface area (Å²) < 4.78 is 27.2. The van der Waals surface area contributed by atoms with Crippen LogP contribution >= 0.6 is 0 Å². The average Bonchev–Trinajstić information content (AvgIpc) is 2.84. The van der Waals surface area contributed by atoms with Crippen LogP contribution in [-0.4, -0.2) is 38.5 Å². The maximum absolute atomic E-state index is 13.6. The average molecular weight is 475 g/mol. The molecule has 0 radical (unpaired) electrons. The molecule has 0 heterocycles. The Morgan fingerprint density at radius 2 is 1.53 bits per heavy atom. The molecule has 0 unspecified atom stereocenters. The summed E-state index contributed by atoms with van der Waals surface area (Å²) in [4.78, 5) is 28.8. The van der Waals surface area contributed by atoms with Crippen molar-refractivity contribution in [3.8, 4) is 0 Å². The molecule has 2 rings (SSSR count). The number of rotatable bonds is 6. The minimum atomic E-state index is -0.692. The van der Waals surface area contributed by atoms with Crippen molar-refractivity contribution in [3.63, 3.8) is 0 Å². The fourth-order valence-electron chi connectivity index (χ4n) is 2.93. The van der Waals surface area contributed by atoms with Crippen LogP contribution in [-0.2, 0) is 20.8 Å². The number of carbonyl (C=O) groups excluding carboxylic acids is 3. The van der Waals surface area contributed by atoms with Gasteiger partial charge in [-0.25, -0.2) is 8.78 Å². The van der Waals surface area contributed by atoms with Crippen LogP contribution < -0.4 is 5.32 Å². The molecule has 2 aromatic carbocycles.